The first-order valence-corrected chi connectivity index (χ1v) is 6.69. The van der Waals surface area contributed by atoms with Gasteiger partial charge in [0, 0.05) is 6.54 Å². The summed E-state index contributed by atoms with van der Waals surface area (Å²) in [7, 11) is 0. The fraction of sp³-hybridized carbons (Fsp3) is 0.118. The Hall–Kier alpha value is -2.55. The third kappa shape index (κ3) is 1.79. The van der Waals surface area contributed by atoms with Crippen LogP contribution in [0.1, 0.15) is 12.5 Å². The van der Waals surface area contributed by atoms with Crippen LogP contribution < -0.4 is 5.69 Å². The van der Waals surface area contributed by atoms with Crippen molar-refractivity contribution in [2.75, 3.05) is 0 Å². The standard InChI is InChI=1S/C17H16N2O/c1-3-18-15-11-7-8-12-16(15)19(17(18)20)13(2)14-9-5-4-6-10-14/h4-12H,2-3H2,1H3. The van der Waals surface area contributed by atoms with Crippen LogP contribution in [0.5, 0.6) is 0 Å². The van der Waals surface area contributed by atoms with Crippen molar-refractivity contribution in [3.05, 3.63) is 77.2 Å². The Morgan fingerprint density at radius 1 is 1.00 bits per heavy atom. The van der Waals surface area contributed by atoms with E-state index in [0.717, 1.165) is 16.6 Å². The van der Waals surface area contributed by atoms with Crippen LogP contribution in [-0.4, -0.2) is 9.13 Å². The molecule has 1 aromatic heterocycles. The fourth-order valence-corrected chi connectivity index (χ4v) is 2.53. The van der Waals surface area contributed by atoms with Crippen molar-refractivity contribution >= 4 is 16.7 Å². The molecule has 0 aliphatic rings. The lowest BCUT2D eigenvalue weighted by atomic mass is 10.1. The molecule has 0 amide bonds. The van der Waals surface area contributed by atoms with E-state index in [1.165, 1.54) is 0 Å². The highest BCUT2D eigenvalue weighted by molar-refractivity contribution is 5.82. The van der Waals surface area contributed by atoms with E-state index < -0.39 is 0 Å². The molecule has 0 bridgehead atoms. The SMILES string of the molecule is C=C(c1ccccc1)n1c(=O)n(CC)c2ccccc21. The minimum atomic E-state index is -0.0393. The van der Waals surface area contributed by atoms with Gasteiger partial charge in [-0.2, -0.15) is 0 Å². The predicted octanol–water partition coefficient (Wildman–Crippen LogP) is 3.34. The van der Waals surface area contributed by atoms with E-state index in [4.69, 9.17) is 0 Å². The van der Waals surface area contributed by atoms with Crippen molar-refractivity contribution < 1.29 is 0 Å². The Balaban J connectivity index is 2.30. The number of benzene rings is 2. The van der Waals surface area contributed by atoms with Crippen LogP contribution >= 0.6 is 0 Å². The molecule has 0 aliphatic carbocycles. The van der Waals surface area contributed by atoms with E-state index >= 15 is 0 Å². The molecule has 0 fully saturated rings. The minimum Gasteiger partial charge on any atom is -0.292 e. The van der Waals surface area contributed by atoms with Crippen LogP contribution in [0.2, 0.25) is 0 Å². The molecule has 3 rings (SSSR count). The molecule has 3 nitrogen and oxygen atoms in total. The van der Waals surface area contributed by atoms with Gasteiger partial charge >= 0.3 is 5.69 Å². The van der Waals surface area contributed by atoms with Gasteiger partial charge in [-0.1, -0.05) is 49.0 Å². The maximum absolute atomic E-state index is 12.6. The summed E-state index contributed by atoms with van der Waals surface area (Å²) in [5.74, 6) is 0. The van der Waals surface area contributed by atoms with Crippen molar-refractivity contribution in [1.29, 1.82) is 0 Å². The third-order valence-electron chi connectivity index (χ3n) is 3.53. The lowest BCUT2D eigenvalue weighted by Gasteiger charge is -2.07. The van der Waals surface area contributed by atoms with Crippen LogP contribution in [0, 0.1) is 0 Å². The number of rotatable bonds is 3. The van der Waals surface area contributed by atoms with Gasteiger partial charge in [-0.05, 0) is 24.6 Å². The molecule has 3 aromatic rings. The molecule has 0 saturated carbocycles. The quantitative estimate of drug-likeness (QED) is 0.712. The van der Waals surface area contributed by atoms with Gasteiger partial charge in [0.25, 0.3) is 0 Å². The lowest BCUT2D eigenvalue weighted by Crippen LogP contribution is -2.23. The Morgan fingerprint density at radius 2 is 1.60 bits per heavy atom. The van der Waals surface area contributed by atoms with Gasteiger partial charge < -0.3 is 0 Å². The molecule has 0 radical (unpaired) electrons. The van der Waals surface area contributed by atoms with Gasteiger partial charge in [0.2, 0.25) is 0 Å². The van der Waals surface area contributed by atoms with E-state index in [0.29, 0.717) is 12.2 Å². The van der Waals surface area contributed by atoms with E-state index in [1.54, 1.807) is 9.13 Å². The predicted molar refractivity (Wildman–Crippen MR) is 82.7 cm³/mol. The summed E-state index contributed by atoms with van der Waals surface area (Å²) in [5.41, 5.74) is 3.46. The maximum Gasteiger partial charge on any atom is 0.333 e. The first kappa shape index (κ1) is 12.5. The summed E-state index contributed by atoms with van der Waals surface area (Å²) in [6, 6.07) is 17.6. The molecular formula is C17H16N2O. The Kier molecular flexibility index (Phi) is 3.03. The number of aryl methyl sites for hydroxylation is 1. The summed E-state index contributed by atoms with van der Waals surface area (Å²) in [6.45, 7) is 6.73. The van der Waals surface area contributed by atoms with Crippen LogP contribution in [0.25, 0.3) is 16.7 Å². The first-order valence-electron chi connectivity index (χ1n) is 6.69. The van der Waals surface area contributed by atoms with E-state index in [-0.39, 0.29) is 5.69 Å². The van der Waals surface area contributed by atoms with Crippen LogP contribution in [-0.2, 0) is 6.54 Å². The smallest absolute Gasteiger partial charge is 0.292 e. The number of nitrogens with zero attached hydrogens (tertiary/aromatic N) is 2. The van der Waals surface area contributed by atoms with E-state index in [9.17, 15) is 4.79 Å². The third-order valence-corrected chi connectivity index (χ3v) is 3.53. The topological polar surface area (TPSA) is 26.9 Å². The van der Waals surface area contributed by atoms with Crippen molar-refractivity contribution in [2.24, 2.45) is 0 Å². The summed E-state index contributed by atoms with van der Waals surface area (Å²) < 4.78 is 3.46. The summed E-state index contributed by atoms with van der Waals surface area (Å²) in [4.78, 5) is 12.6. The molecule has 100 valence electrons. The molecule has 2 aromatic carbocycles. The molecule has 3 heteroatoms. The number of aromatic nitrogens is 2. The van der Waals surface area contributed by atoms with Crippen molar-refractivity contribution in [3.63, 3.8) is 0 Å². The molecule has 0 saturated heterocycles. The second-order valence-corrected chi connectivity index (χ2v) is 4.66. The number of hydrogen-bond donors (Lipinski definition) is 0. The molecule has 0 aliphatic heterocycles. The van der Waals surface area contributed by atoms with Crippen LogP contribution in [0.3, 0.4) is 0 Å². The van der Waals surface area contributed by atoms with Crippen molar-refractivity contribution in [2.45, 2.75) is 13.5 Å². The fourth-order valence-electron chi connectivity index (χ4n) is 2.53. The average molecular weight is 264 g/mol. The average Bonchev–Trinajstić information content (AvgIpc) is 2.79. The molecular weight excluding hydrogens is 248 g/mol. The zero-order valence-corrected chi connectivity index (χ0v) is 11.4. The summed E-state index contributed by atoms with van der Waals surface area (Å²) in [6.07, 6.45) is 0. The zero-order chi connectivity index (χ0) is 14.1. The molecule has 0 atom stereocenters. The first-order chi connectivity index (χ1) is 9.74. The second-order valence-electron chi connectivity index (χ2n) is 4.66. The number of para-hydroxylation sites is 2. The number of hydrogen-bond acceptors (Lipinski definition) is 1. The number of imidazole rings is 1. The highest BCUT2D eigenvalue weighted by atomic mass is 16.1. The van der Waals surface area contributed by atoms with Crippen molar-refractivity contribution in [3.8, 4) is 0 Å². The Morgan fingerprint density at radius 3 is 2.25 bits per heavy atom. The lowest BCUT2D eigenvalue weighted by molar-refractivity contribution is 0.737. The van der Waals surface area contributed by atoms with Gasteiger partial charge in [0.1, 0.15) is 0 Å². The van der Waals surface area contributed by atoms with E-state index in [2.05, 4.69) is 6.58 Å². The van der Waals surface area contributed by atoms with E-state index in [1.807, 2.05) is 61.5 Å². The highest BCUT2D eigenvalue weighted by Gasteiger charge is 2.14. The Labute approximate surface area is 117 Å². The monoisotopic (exact) mass is 264 g/mol. The highest BCUT2D eigenvalue weighted by Crippen LogP contribution is 2.20. The van der Waals surface area contributed by atoms with Crippen LogP contribution in [0.4, 0.5) is 0 Å². The molecule has 0 spiro atoms. The molecule has 20 heavy (non-hydrogen) atoms. The normalized spacial score (nSPS) is 10.8. The maximum atomic E-state index is 12.6. The van der Waals surface area contributed by atoms with Crippen molar-refractivity contribution in [1.82, 2.24) is 9.13 Å². The molecule has 1 heterocycles. The zero-order valence-electron chi connectivity index (χ0n) is 11.4. The minimum absolute atomic E-state index is 0.0393. The Bertz CT molecular complexity index is 825. The molecule has 0 unspecified atom stereocenters. The van der Waals surface area contributed by atoms with Crippen LogP contribution in [0.15, 0.2) is 66.0 Å². The largest absolute Gasteiger partial charge is 0.333 e. The second kappa shape index (κ2) is 4.85. The van der Waals surface area contributed by atoms with Gasteiger partial charge in [-0.3, -0.25) is 9.13 Å². The summed E-state index contributed by atoms with van der Waals surface area (Å²) >= 11 is 0. The summed E-state index contributed by atoms with van der Waals surface area (Å²) in [5, 5.41) is 0. The van der Waals surface area contributed by atoms with Gasteiger partial charge in [0.15, 0.2) is 0 Å². The number of fused-ring (bicyclic) bond motifs is 1. The van der Waals surface area contributed by atoms with Gasteiger partial charge in [-0.15, -0.1) is 0 Å². The van der Waals surface area contributed by atoms with Gasteiger partial charge in [-0.25, -0.2) is 4.79 Å². The van der Waals surface area contributed by atoms with Gasteiger partial charge in [0.05, 0.1) is 16.7 Å². The molecule has 0 N–H and O–H groups in total.